The molecule has 1 aromatic rings. The van der Waals surface area contributed by atoms with Crippen LogP contribution in [0, 0.1) is 0 Å². The van der Waals surface area contributed by atoms with Crippen molar-refractivity contribution in [2.24, 2.45) is 0 Å². The highest BCUT2D eigenvalue weighted by atomic mass is 35.5. The third kappa shape index (κ3) is 4.01. The largest absolute Gasteiger partial charge is 0.478 e. The molecule has 0 bridgehead atoms. The van der Waals surface area contributed by atoms with Crippen LogP contribution < -0.4 is 0 Å². The monoisotopic (exact) mass is 252 g/mol. The fourth-order valence-electron chi connectivity index (χ4n) is 0.798. The van der Waals surface area contributed by atoms with Crippen LogP contribution in [0.1, 0.15) is 5.56 Å². The number of hydrogen-bond acceptors (Lipinski definition) is 1. The van der Waals surface area contributed by atoms with E-state index in [-0.39, 0.29) is 12.4 Å². The van der Waals surface area contributed by atoms with Crippen molar-refractivity contribution in [3.05, 3.63) is 39.9 Å². The normalized spacial score (nSPS) is 9.86. The summed E-state index contributed by atoms with van der Waals surface area (Å²) in [5.41, 5.74) is 0.633. The fourth-order valence-corrected chi connectivity index (χ4v) is 1.27. The third-order valence-electron chi connectivity index (χ3n) is 1.37. The Morgan fingerprint density at radius 3 is 2.50 bits per heavy atom. The summed E-state index contributed by atoms with van der Waals surface area (Å²) in [4.78, 5) is 10.2. The zero-order chi connectivity index (χ0) is 9.84. The minimum atomic E-state index is -1.01. The quantitative estimate of drug-likeness (QED) is 0.819. The van der Waals surface area contributed by atoms with Crippen LogP contribution in [0.25, 0.3) is 6.08 Å². The van der Waals surface area contributed by atoms with Crippen LogP contribution in [0.15, 0.2) is 24.3 Å². The van der Waals surface area contributed by atoms with Crippen LogP contribution in [-0.4, -0.2) is 11.1 Å². The average molecular weight is 254 g/mol. The first-order chi connectivity index (χ1) is 6.09. The molecule has 2 nitrogen and oxygen atoms in total. The molecule has 5 heteroatoms. The second-order valence-electron chi connectivity index (χ2n) is 2.34. The van der Waals surface area contributed by atoms with Crippen LogP contribution in [0.5, 0.6) is 0 Å². The van der Waals surface area contributed by atoms with E-state index in [1.807, 2.05) is 0 Å². The maximum atomic E-state index is 10.2. The van der Waals surface area contributed by atoms with E-state index in [4.69, 9.17) is 28.3 Å². The van der Waals surface area contributed by atoms with Crippen LogP contribution in [0.4, 0.5) is 0 Å². The van der Waals surface area contributed by atoms with E-state index in [1.54, 1.807) is 18.2 Å². The number of benzene rings is 1. The number of halogens is 3. The van der Waals surface area contributed by atoms with Gasteiger partial charge in [-0.1, -0.05) is 29.3 Å². The van der Waals surface area contributed by atoms with Crippen LogP contribution in [0.2, 0.25) is 10.0 Å². The van der Waals surface area contributed by atoms with Crippen molar-refractivity contribution < 1.29 is 9.90 Å². The number of carboxylic acids is 1. The molecule has 0 saturated heterocycles. The molecule has 0 spiro atoms. The molecule has 0 heterocycles. The van der Waals surface area contributed by atoms with Gasteiger partial charge in [-0.3, -0.25) is 0 Å². The van der Waals surface area contributed by atoms with Gasteiger partial charge < -0.3 is 5.11 Å². The minimum Gasteiger partial charge on any atom is -0.478 e. The van der Waals surface area contributed by atoms with Gasteiger partial charge in [0.1, 0.15) is 0 Å². The second-order valence-corrected chi connectivity index (χ2v) is 3.18. The molecule has 0 aromatic heterocycles. The molecule has 76 valence electrons. The Morgan fingerprint density at radius 1 is 1.36 bits per heavy atom. The molecular weight excluding hydrogens is 246 g/mol. The Bertz CT molecular complexity index is 361. The first-order valence-corrected chi connectivity index (χ1v) is 4.21. The smallest absolute Gasteiger partial charge is 0.328 e. The predicted octanol–water partition coefficient (Wildman–Crippen LogP) is 3.51. The first kappa shape index (κ1) is 13.3. The summed E-state index contributed by atoms with van der Waals surface area (Å²) in [5.74, 6) is -1.01. The van der Waals surface area contributed by atoms with Crippen molar-refractivity contribution in [3.8, 4) is 0 Å². The van der Waals surface area contributed by atoms with Crippen LogP contribution in [0.3, 0.4) is 0 Å². The van der Waals surface area contributed by atoms with Gasteiger partial charge in [0.05, 0.1) is 0 Å². The Balaban J connectivity index is 0.00000169. The molecule has 1 N–H and O–H groups in total. The highest BCUT2D eigenvalue weighted by Crippen LogP contribution is 2.21. The maximum Gasteiger partial charge on any atom is 0.328 e. The molecule has 14 heavy (non-hydrogen) atoms. The summed E-state index contributed by atoms with van der Waals surface area (Å²) in [7, 11) is 0. The van der Waals surface area contributed by atoms with Gasteiger partial charge in [0, 0.05) is 16.1 Å². The highest BCUT2D eigenvalue weighted by Gasteiger charge is 1.97. The van der Waals surface area contributed by atoms with Gasteiger partial charge in [-0.05, 0) is 23.8 Å². The SMILES string of the molecule is Cl.O=C(O)/C=C/c1ccc(Cl)cc1Cl. The number of carbonyl (C=O) groups is 1. The summed E-state index contributed by atoms with van der Waals surface area (Å²) in [5, 5.41) is 9.32. The van der Waals surface area contributed by atoms with Gasteiger partial charge in [-0.15, -0.1) is 12.4 Å². The average Bonchev–Trinajstić information content (AvgIpc) is 2.02. The number of carboxylic acid groups (broad SMARTS) is 1. The minimum absolute atomic E-state index is 0. The van der Waals surface area contributed by atoms with Crippen LogP contribution >= 0.6 is 35.6 Å². The lowest BCUT2D eigenvalue weighted by atomic mass is 10.2. The van der Waals surface area contributed by atoms with Gasteiger partial charge >= 0.3 is 5.97 Å². The molecule has 0 radical (unpaired) electrons. The second kappa shape index (κ2) is 5.91. The van der Waals surface area contributed by atoms with E-state index in [0.717, 1.165) is 6.08 Å². The molecule has 0 aliphatic carbocycles. The molecule has 0 saturated carbocycles. The lowest BCUT2D eigenvalue weighted by Gasteiger charge is -1.97. The first-order valence-electron chi connectivity index (χ1n) is 3.45. The Morgan fingerprint density at radius 2 is 2.00 bits per heavy atom. The summed E-state index contributed by atoms with van der Waals surface area (Å²) < 4.78 is 0. The lowest BCUT2D eigenvalue weighted by Crippen LogP contribution is -1.85. The molecule has 0 amide bonds. The molecule has 0 fully saturated rings. The van der Waals surface area contributed by atoms with Crippen molar-refractivity contribution in [3.63, 3.8) is 0 Å². The molecule has 0 aliphatic heterocycles. The standard InChI is InChI=1S/C9H6Cl2O2.ClH/c10-7-3-1-6(8(11)5-7)2-4-9(12)13;/h1-5H,(H,12,13);1H/b4-2+;. The van der Waals surface area contributed by atoms with E-state index in [0.29, 0.717) is 15.6 Å². The Kier molecular flexibility index (Phi) is 5.62. The predicted molar refractivity (Wildman–Crippen MR) is 60.4 cm³/mol. The van der Waals surface area contributed by atoms with Crippen molar-refractivity contribution >= 4 is 47.7 Å². The summed E-state index contributed by atoms with van der Waals surface area (Å²) in [6.45, 7) is 0. The van der Waals surface area contributed by atoms with E-state index in [9.17, 15) is 4.79 Å². The lowest BCUT2D eigenvalue weighted by molar-refractivity contribution is -0.131. The van der Waals surface area contributed by atoms with Crippen molar-refractivity contribution in [2.75, 3.05) is 0 Å². The Hall–Kier alpha value is -0.700. The summed E-state index contributed by atoms with van der Waals surface area (Å²) in [6, 6.07) is 4.86. The fraction of sp³-hybridized carbons (Fsp3) is 0. The molecule has 1 aromatic carbocycles. The van der Waals surface area contributed by atoms with Gasteiger partial charge in [-0.25, -0.2) is 4.79 Å². The molecule has 1 rings (SSSR count). The maximum absolute atomic E-state index is 10.2. The molecule has 0 aliphatic rings. The molecule has 0 unspecified atom stereocenters. The molecule has 0 atom stereocenters. The number of hydrogen-bond donors (Lipinski definition) is 1. The summed E-state index contributed by atoms with van der Waals surface area (Å²) in [6.07, 6.45) is 2.44. The van der Waals surface area contributed by atoms with Crippen molar-refractivity contribution in [2.45, 2.75) is 0 Å². The third-order valence-corrected chi connectivity index (χ3v) is 1.93. The van der Waals surface area contributed by atoms with Crippen molar-refractivity contribution in [1.29, 1.82) is 0 Å². The Labute approximate surface area is 97.6 Å². The van der Waals surface area contributed by atoms with Gasteiger partial charge in [0.15, 0.2) is 0 Å². The van der Waals surface area contributed by atoms with E-state index < -0.39 is 5.97 Å². The molecular formula is C9H7Cl3O2. The van der Waals surface area contributed by atoms with E-state index in [1.165, 1.54) is 6.08 Å². The van der Waals surface area contributed by atoms with Crippen LogP contribution in [-0.2, 0) is 4.79 Å². The van der Waals surface area contributed by atoms with E-state index in [2.05, 4.69) is 0 Å². The van der Waals surface area contributed by atoms with Gasteiger partial charge in [0.2, 0.25) is 0 Å². The topological polar surface area (TPSA) is 37.3 Å². The summed E-state index contributed by atoms with van der Waals surface area (Å²) >= 11 is 11.4. The number of aliphatic carboxylic acids is 1. The number of rotatable bonds is 2. The zero-order valence-electron chi connectivity index (χ0n) is 6.91. The van der Waals surface area contributed by atoms with E-state index >= 15 is 0 Å². The zero-order valence-corrected chi connectivity index (χ0v) is 9.23. The van der Waals surface area contributed by atoms with Gasteiger partial charge in [-0.2, -0.15) is 0 Å². The van der Waals surface area contributed by atoms with Gasteiger partial charge in [0.25, 0.3) is 0 Å². The van der Waals surface area contributed by atoms with Crippen molar-refractivity contribution in [1.82, 2.24) is 0 Å². The highest BCUT2D eigenvalue weighted by molar-refractivity contribution is 6.35.